The number of hydrogen-bond donors (Lipinski definition) is 3. The molecule has 21 heavy (non-hydrogen) atoms. The number of para-hydroxylation sites is 1. The van der Waals surface area contributed by atoms with E-state index in [4.69, 9.17) is 5.11 Å². The number of carbonyl (C=O) groups excluding carboxylic acids is 1. The van der Waals surface area contributed by atoms with Crippen LogP contribution in [0.3, 0.4) is 0 Å². The molecule has 1 saturated carbocycles. The SMILES string of the molecule is Cc1cccc(F)c1NC(=O)NC1CCCC(C(=O)O)C1. The summed E-state index contributed by atoms with van der Waals surface area (Å²) in [7, 11) is 0. The van der Waals surface area contributed by atoms with Gasteiger partial charge in [0.15, 0.2) is 0 Å². The number of anilines is 1. The van der Waals surface area contributed by atoms with Crippen molar-refractivity contribution in [1.82, 2.24) is 5.32 Å². The number of aryl methyl sites for hydroxylation is 1. The Morgan fingerprint density at radius 2 is 2.10 bits per heavy atom. The molecule has 0 aromatic heterocycles. The lowest BCUT2D eigenvalue weighted by Gasteiger charge is -2.27. The van der Waals surface area contributed by atoms with Crippen LogP contribution in [0.4, 0.5) is 14.9 Å². The minimum absolute atomic E-state index is 0.153. The summed E-state index contributed by atoms with van der Waals surface area (Å²) in [5.74, 6) is -1.73. The van der Waals surface area contributed by atoms with Crippen LogP contribution >= 0.6 is 0 Å². The molecule has 0 spiro atoms. The molecule has 2 amide bonds. The second-order valence-corrected chi connectivity index (χ2v) is 5.43. The molecule has 1 aliphatic carbocycles. The zero-order chi connectivity index (χ0) is 15.4. The molecule has 2 atom stereocenters. The van der Waals surface area contributed by atoms with E-state index >= 15 is 0 Å². The highest BCUT2D eigenvalue weighted by atomic mass is 19.1. The maximum atomic E-state index is 13.6. The molecular formula is C15H19FN2O3. The average Bonchev–Trinajstić information content (AvgIpc) is 2.43. The molecule has 0 heterocycles. The molecule has 2 unspecified atom stereocenters. The molecule has 114 valence electrons. The Labute approximate surface area is 122 Å². The van der Waals surface area contributed by atoms with Gasteiger partial charge in [-0.15, -0.1) is 0 Å². The van der Waals surface area contributed by atoms with Crippen LogP contribution in [0.25, 0.3) is 0 Å². The molecule has 0 radical (unpaired) electrons. The van der Waals surface area contributed by atoms with E-state index in [1.165, 1.54) is 6.07 Å². The number of carboxylic acid groups (broad SMARTS) is 1. The Kier molecular flexibility index (Phi) is 4.77. The molecule has 0 aliphatic heterocycles. The van der Waals surface area contributed by atoms with Gasteiger partial charge in [-0.1, -0.05) is 18.6 Å². The smallest absolute Gasteiger partial charge is 0.319 e. The summed E-state index contributed by atoms with van der Waals surface area (Å²) in [5.41, 5.74) is 0.790. The Bertz CT molecular complexity index is 527. The molecule has 1 fully saturated rings. The first-order valence-electron chi connectivity index (χ1n) is 7.03. The largest absolute Gasteiger partial charge is 0.481 e. The lowest BCUT2D eigenvalue weighted by atomic mass is 9.86. The fourth-order valence-electron chi connectivity index (χ4n) is 2.67. The number of carboxylic acids is 1. The fourth-order valence-corrected chi connectivity index (χ4v) is 2.67. The fraction of sp³-hybridized carbons (Fsp3) is 0.467. The standard InChI is InChI=1S/C15H19FN2O3/c1-9-4-2-7-12(16)13(9)18-15(21)17-11-6-3-5-10(8-11)14(19)20/h2,4,7,10-11H,3,5-6,8H2,1H3,(H,19,20)(H2,17,18,21). The maximum absolute atomic E-state index is 13.6. The molecule has 6 heteroatoms. The van der Waals surface area contributed by atoms with Crippen LogP contribution in [-0.2, 0) is 4.79 Å². The summed E-state index contributed by atoms with van der Waals surface area (Å²) in [5, 5.41) is 14.2. The van der Waals surface area contributed by atoms with Crippen molar-refractivity contribution >= 4 is 17.7 Å². The molecular weight excluding hydrogens is 275 g/mol. The van der Waals surface area contributed by atoms with Gasteiger partial charge in [0, 0.05) is 6.04 Å². The minimum Gasteiger partial charge on any atom is -0.481 e. The molecule has 0 saturated heterocycles. The van der Waals surface area contributed by atoms with Crippen molar-refractivity contribution in [3.63, 3.8) is 0 Å². The van der Waals surface area contributed by atoms with Crippen molar-refractivity contribution in [2.45, 2.75) is 38.6 Å². The molecule has 3 N–H and O–H groups in total. The summed E-state index contributed by atoms with van der Waals surface area (Å²) in [6, 6.07) is 3.88. The van der Waals surface area contributed by atoms with E-state index in [1.54, 1.807) is 19.1 Å². The van der Waals surface area contributed by atoms with Crippen molar-refractivity contribution in [2.75, 3.05) is 5.32 Å². The van der Waals surface area contributed by atoms with E-state index in [0.29, 0.717) is 18.4 Å². The second kappa shape index (κ2) is 6.56. The van der Waals surface area contributed by atoms with Gasteiger partial charge in [-0.3, -0.25) is 4.79 Å². The Balaban J connectivity index is 1.94. The maximum Gasteiger partial charge on any atom is 0.319 e. The second-order valence-electron chi connectivity index (χ2n) is 5.43. The molecule has 2 rings (SSSR count). The molecule has 1 aromatic carbocycles. The van der Waals surface area contributed by atoms with E-state index in [9.17, 15) is 14.0 Å². The molecule has 5 nitrogen and oxygen atoms in total. The van der Waals surface area contributed by atoms with Crippen molar-refractivity contribution < 1.29 is 19.1 Å². The number of aliphatic carboxylic acids is 1. The topological polar surface area (TPSA) is 78.4 Å². The van der Waals surface area contributed by atoms with E-state index in [0.717, 1.165) is 12.8 Å². The van der Waals surface area contributed by atoms with Gasteiger partial charge in [-0.05, 0) is 37.8 Å². The van der Waals surface area contributed by atoms with Crippen LogP contribution in [0, 0.1) is 18.7 Å². The number of urea groups is 1. The number of nitrogens with one attached hydrogen (secondary N) is 2. The molecule has 0 bridgehead atoms. The third kappa shape index (κ3) is 3.93. The summed E-state index contributed by atoms with van der Waals surface area (Å²) >= 11 is 0. The third-order valence-corrected chi connectivity index (χ3v) is 3.82. The molecule has 1 aliphatic rings. The van der Waals surface area contributed by atoms with Crippen LogP contribution in [0.1, 0.15) is 31.2 Å². The zero-order valence-corrected chi connectivity index (χ0v) is 11.9. The van der Waals surface area contributed by atoms with Gasteiger partial charge in [-0.25, -0.2) is 9.18 Å². The number of rotatable bonds is 3. The van der Waals surface area contributed by atoms with Gasteiger partial charge in [0.1, 0.15) is 5.82 Å². The van der Waals surface area contributed by atoms with E-state index in [2.05, 4.69) is 10.6 Å². The summed E-state index contributed by atoms with van der Waals surface area (Å²) in [6.07, 6.45) is 2.56. The monoisotopic (exact) mass is 294 g/mol. The predicted molar refractivity (Wildman–Crippen MR) is 76.7 cm³/mol. The number of halogens is 1. The van der Waals surface area contributed by atoms with Gasteiger partial charge in [0.2, 0.25) is 0 Å². The van der Waals surface area contributed by atoms with E-state index in [-0.39, 0.29) is 11.7 Å². The first-order chi connectivity index (χ1) is 9.97. The first kappa shape index (κ1) is 15.3. The lowest BCUT2D eigenvalue weighted by Crippen LogP contribution is -2.42. The van der Waals surface area contributed by atoms with Gasteiger partial charge in [0.25, 0.3) is 0 Å². The highest BCUT2D eigenvalue weighted by molar-refractivity contribution is 5.90. The normalized spacial score (nSPS) is 21.6. The highest BCUT2D eigenvalue weighted by Gasteiger charge is 2.27. The van der Waals surface area contributed by atoms with Crippen molar-refractivity contribution in [3.05, 3.63) is 29.6 Å². The number of benzene rings is 1. The van der Waals surface area contributed by atoms with Gasteiger partial charge < -0.3 is 15.7 Å². The van der Waals surface area contributed by atoms with Crippen molar-refractivity contribution in [2.24, 2.45) is 5.92 Å². The van der Waals surface area contributed by atoms with Gasteiger partial charge in [0.05, 0.1) is 11.6 Å². The van der Waals surface area contributed by atoms with Crippen LogP contribution < -0.4 is 10.6 Å². The molecule has 1 aromatic rings. The van der Waals surface area contributed by atoms with Gasteiger partial charge >= 0.3 is 12.0 Å². The minimum atomic E-state index is -0.827. The van der Waals surface area contributed by atoms with Crippen LogP contribution in [0.2, 0.25) is 0 Å². The highest BCUT2D eigenvalue weighted by Crippen LogP contribution is 2.25. The third-order valence-electron chi connectivity index (χ3n) is 3.82. The quantitative estimate of drug-likeness (QED) is 0.802. The Morgan fingerprint density at radius 1 is 1.33 bits per heavy atom. The number of carbonyl (C=O) groups is 2. The van der Waals surface area contributed by atoms with Crippen LogP contribution in [0.15, 0.2) is 18.2 Å². The van der Waals surface area contributed by atoms with Crippen molar-refractivity contribution in [1.29, 1.82) is 0 Å². The van der Waals surface area contributed by atoms with Crippen LogP contribution in [-0.4, -0.2) is 23.1 Å². The first-order valence-corrected chi connectivity index (χ1v) is 7.03. The summed E-state index contributed by atoms with van der Waals surface area (Å²) in [4.78, 5) is 22.9. The summed E-state index contributed by atoms with van der Waals surface area (Å²) < 4.78 is 13.6. The average molecular weight is 294 g/mol. The van der Waals surface area contributed by atoms with E-state index in [1.807, 2.05) is 0 Å². The Morgan fingerprint density at radius 3 is 2.76 bits per heavy atom. The summed E-state index contributed by atoms with van der Waals surface area (Å²) in [6.45, 7) is 1.71. The lowest BCUT2D eigenvalue weighted by molar-refractivity contribution is -0.143. The van der Waals surface area contributed by atoms with Crippen molar-refractivity contribution in [3.8, 4) is 0 Å². The van der Waals surface area contributed by atoms with E-state index < -0.39 is 23.7 Å². The number of hydrogen-bond acceptors (Lipinski definition) is 2. The zero-order valence-electron chi connectivity index (χ0n) is 11.9. The predicted octanol–water partition coefficient (Wildman–Crippen LogP) is 2.90. The Hall–Kier alpha value is -2.11. The van der Waals surface area contributed by atoms with Crippen LogP contribution in [0.5, 0.6) is 0 Å². The van der Waals surface area contributed by atoms with Gasteiger partial charge in [-0.2, -0.15) is 0 Å². The number of amides is 2.